The molecule has 1 aliphatic rings. The first-order valence-electron chi connectivity index (χ1n) is 15.1. The first kappa shape index (κ1) is 30.2. The number of para-hydroxylation sites is 2. The zero-order valence-corrected chi connectivity index (χ0v) is 26.2. The molecule has 8 nitrogen and oxygen atoms in total. The minimum atomic E-state index is -0.549. The summed E-state index contributed by atoms with van der Waals surface area (Å²) in [5.41, 5.74) is 5.37. The number of aromatic nitrogens is 1. The Bertz CT molecular complexity index is 2140. The second kappa shape index (κ2) is 12.7. The molecule has 232 valence electrons. The van der Waals surface area contributed by atoms with Crippen LogP contribution in [0.5, 0.6) is 0 Å². The molecule has 7 rings (SSSR count). The van der Waals surface area contributed by atoms with Gasteiger partial charge in [0.15, 0.2) is 5.11 Å². The fourth-order valence-corrected chi connectivity index (χ4v) is 6.22. The average Bonchev–Trinajstić information content (AvgIpc) is 3.51. The lowest BCUT2D eigenvalue weighted by atomic mass is 10.0. The molecule has 0 atom stereocenters. The van der Waals surface area contributed by atoms with Gasteiger partial charge < -0.3 is 4.57 Å². The van der Waals surface area contributed by atoms with Gasteiger partial charge in [0.2, 0.25) is 0 Å². The third-order valence-corrected chi connectivity index (χ3v) is 8.41. The Kier molecular flexibility index (Phi) is 8.02. The smallest absolute Gasteiger partial charge is 0.270 e. The number of nitro groups is 1. The van der Waals surface area contributed by atoms with Gasteiger partial charge >= 0.3 is 0 Å². The van der Waals surface area contributed by atoms with E-state index in [1.54, 1.807) is 42.5 Å². The topological polar surface area (TPSA) is 88.7 Å². The van der Waals surface area contributed by atoms with E-state index in [2.05, 4.69) is 0 Å². The lowest BCUT2D eigenvalue weighted by Gasteiger charge is -2.36. The SMILES string of the molecule is O=C1C(=Cc2cc(-c3ccccc3)n(-c3ccc([N+](=O)[O-])cc3)c2-c2ccccc2)C(=O)N(c2ccccc2)C(=S)N1c1ccccc1. The second-order valence-corrected chi connectivity index (χ2v) is 11.3. The van der Waals surface area contributed by atoms with Crippen LogP contribution >= 0.6 is 12.2 Å². The highest BCUT2D eigenvalue weighted by molar-refractivity contribution is 7.81. The highest BCUT2D eigenvalue weighted by atomic mass is 32.1. The van der Waals surface area contributed by atoms with Gasteiger partial charge in [-0.2, -0.15) is 0 Å². The van der Waals surface area contributed by atoms with Crippen molar-refractivity contribution in [2.75, 3.05) is 9.80 Å². The quantitative estimate of drug-likeness (QED) is 0.0571. The Morgan fingerprint density at radius 1 is 0.583 bits per heavy atom. The molecule has 0 radical (unpaired) electrons. The Balaban J connectivity index is 1.50. The van der Waals surface area contributed by atoms with Crippen molar-refractivity contribution in [2.24, 2.45) is 0 Å². The van der Waals surface area contributed by atoms with Crippen molar-refractivity contribution >= 4 is 52.3 Å². The van der Waals surface area contributed by atoms with E-state index in [0.29, 0.717) is 28.3 Å². The number of nitrogens with zero attached hydrogens (tertiary/aromatic N) is 4. The molecule has 6 aromatic rings. The molecule has 1 saturated heterocycles. The number of nitro benzene ring substituents is 1. The molecular weight excluding hydrogens is 621 g/mol. The van der Waals surface area contributed by atoms with Crippen LogP contribution in [0.3, 0.4) is 0 Å². The van der Waals surface area contributed by atoms with E-state index in [1.807, 2.05) is 108 Å². The monoisotopic (exact) mass is 646 g/mol. The molecule has 48 heavy (non-hydrogen) atoms. The van der Waals surface area contributed by atoms with Crippen molar-refractivity contribution < 1.29 is 14.5 Å². The standard InChI is InChI=1S/C39H26N4O4S/c44-37-34(38(45)42(31-19-11-4-12-20-31)39(48)41(37)30-17-9-3-10-18-30)25-29-26-35(27-13-5-1-6-14-27)40(36(29)28-15-7-2-8-16-28)32-21-23-33(24-22-32)43(46)47/h1-26H. The van der Waals surface area contributed by atoms with Crippen LogP contribution in [0.4, 0.5) is 17.1 Å². The fraction of sp³-hybridized carbons (Fsp3) is 0. The highest BCUT2D eigenvalue weighted by Crippen LogP contribution is 2.39. The van der Waals surface area contributed by atoms with E-state index in [1.165, 1.54) is 21.9 Å². The van der Waals surface area contributed by atoms with E-state index in [0.717, 1.165) is 16.8 Å². The molecule has 0 saturated carbocycles. The van der Waals surface area contributed by atoms with E-state index < -0.39 is 16.7 Å². The van der Waals surface area contributed by atoms with E-state index in [4.69, 9.17) is 12.2 Å². The number of amides is 2. The van der Waals surface area contributed by atoms with E-state index in [9.17, 15) is 19.7 Å². The van der Waals surface area contributed by atoms with E-state index >= 15 is 0 Å². The van der Waals surface area contributed by atoms with Crippen LogP contribution in [-0.4, -0.2) is 26.4 Å². The molecule has 5 aromatic carbocycles. The summed E-state index contributed by atoms with van der Waals surface area (Å²) in [5.74, 6) is -1.10. The van der Waals surface area contributed by atoms with Gasteiger partial charge in [0.05, 0.1) is 27.7 Å². The number of non-ortho nitro benzene ring substituents is 1. The predicted octanol–water partition coefficient (Wildman–Crippen LogP) is 8.47. The third kappa shape index (κ3) is 5.48. The number of hydrogen-bond acceptors (Lipinski definition) is 5. The van der Waals surface area contributed by atoms with Gasteiger partial charge in [-0.05, 0) is 71.9 Å². The molecular formula is C39H26N4O4S. The van der Waals surface area contributed by atoms with Crippen molar-refractivity contribution in [3.63, 3.8) is 0 Å². The normalized spacial score (nSPS) is 13.2. The summed E-state index contributed by atoms with van der Waals surface area (Å²) < 4.78 is 1.99. The summed E-state index contributed by atoms with van der Waals surface area (Å²) in [5, 5.41) is 11.6. The molecule has 0 N–H and O–H groups in total. The van der Waals surface area contributed by atoms with E-state index in [-0.39, 0.29) is 16.4 Å². The van der Waals surface area contributed by atoms with Crippen LogP contribution in [0, 0.1) is 10.1 Å². The van der Waals surface area contributed by atoms with Gasteiger partial charge in [0.1, 0.15) is 5.57 Å². The van der Waals surface area contributed by atoms with Gasteiger partial charge in [-0.3, -0.25) is 29.5 Å². The maximum Gasteiger partial charge on any atom is 0.270 e. The summed E-state index contributed by atoms with van der Waals surface area (Å²) in [4.78, 5) is 42.5. The van der Waals surface area contributed by atoms with Crippen LogP contribution in [-0.2, 0) is 9.59 Å². The van der Waals surface area contributed by atoms with Crippen LogP contribution in [0.2, 0.25) is 0 Å². The summed E-state index contributed by atoms with van der Waals surface area (Å²) in [6, 6.07) is 45.5. The Morgan fingerprint density at radius 2 is 1.04 bits per heavy atom. The maximum absolute atomic E-state index is 14.4. The molecule has 0 unspecified atom stereocenters. The number of anilines is 2. The average molecular weight is 647 g/mol. The molecule has 0 aliphatic carbocycles. The van der Waals surface area contributed by atoms with Gasteiger partial charge in [-0.15, -0.1) is 0 Å². The fourth-order valence-electron chi connectivity index (χ4n) is 5.84. The maximum atomic E-state index is 14.4. The molecule has 1 aliphatic heterocycles. The summed E-state index contributed by atoms with van der Waals surface area (Å²) in [6.45, 7) is 0. The summed E-state index contributed by atoms with van der Waals surface area (Å²) in [7, 11) is 0. The summed E-state index contributed by atoms with van der Waals surface area (Å²) in [6.07, 6.45) is 1.62. The van der Waals surface area contributed by atoms with Gasteiger partial charge in [0.25, 0.3) is 17.5 Å². The molecule has 2 heterocycles. The highest BCUT2D eigenvalue weighted by Gasteiger charge is 2.41. The van der Waals surface area contributed by atoms with Crippen LogP contribution < -0.4 is 9.80 Å². The first-order chi connectivity index (χ1) is 23.4. The van der Waals surface area contributed by atoms with Crippen LogP contribution in [0.15, 0.2) is 157 Å². The Morgan fingerprint density at radius 3 is 1.52 bits per heavy atom. The molecule has 0 spiro atoms. The summed E-state index contributed by atoms with van der Waals surface area (Å²) >= 11 is 5.80. The van der Waals surface area contributed by atoms with Crippen LogP contribution in [0.25, 0.3) is 34.3 Å². The molecule has 2 amide bonds. The number of carbonyl (C=O) groups excluding carboxylic acids is 2. The van der Waals surface area contributed by atoms with Gasteiger partial charge in [-0.25, -0.2) is 0 Å². The molecule has 0 bridgehead atoms. The van der Waals surface area contributed by atoms with Gasteiger partial charge in [0, 0.05) is 23.4 Å². The Labute approximate surface area is 281 Å². The largest absolute Gasteiger partial charge is 0.309 e. The second-order valence-electron chi connectivity index (χ2n) is 11.0. The minimum Gasteiger partial charge on any atom is -0.309 e. The lowest BCUT2D eigenvalue weighted by molar-refractivity contribution is -0.384. The number of benzene rings is 5. The molecule has 9 heteroatoms. The third-order valence-electron chi connectivity index (χ3n) is 8.04. The lowest BCUT2D eigenvalue weighted by Crippen LogP contribution is -2.56. The minimum absolute atomic E-state index is 0.0351. The number of carbonyl (C=O) groups is 2. The van der Waals surface area contributed by atoms with Crippen LogP contribution in [0.1, 0.15) is 5.56 Å². The zero-order chi connectivity index (χ0) is 33.2. The number of hydrogen-bond donors (Lipinski definition) is 0. The van der Waals surface area contributed by atoms with Crippen molar-refractivity contribution in [2.45, 2.75) is 0 Å². The zero-order valence-electron chi connectivity index (χ0n) is 25.3. The molecule has 1 fully saturated rings. The molecule has 1 aromatic heterocycles. The van der Waals surface area contributed by atoms with Crippen molar-refractivity contribution in [3.8, 4) is 28.2 Å². The Hall–Kier alpha value is -6.45. The first-order valence-corrected chi connectivity index (χ1v) is 15.5. The van der Waals surface area contributed by atoms with Crippen molar-refractivity contribution in [3.05, 3.63) is 173 Å². The van der Waals surface area contributed by atoms with Crippen molar-refractivity contribution in [1.82, 2.24) is 4.57 Å². The number of rotatable bonds is 7. The number of thiocarbonyl (C=S) groups is 1. The van der Waals surface area contributed by atoms with Crippen molar-refractivity contribution in [1.29, 1.82) is 0 Å². The van der Waals surface area contributed by atoms with Gasteiger partial charge in [-0.1, -0.05) is 97.1 Å². The predicted molar refractivity (Wildman–Crippen MR) is 192 cm³/mol.